The number of esters is 1. The van der Waals surface area contributed by atoms with Crippen molar-refractivity contribution in [1.82, 2.24) is 0 Å². The SMILES string of the molecule is Nc1cccc(/C=C/C(=O)OC2CCCCCC2)c1. The van der Waals surface area contributed by atoms with E-state index in [0.29, 0.717) is 5.69 Å². The van der Waals surface area contributed by atoms with Gasteiger partial charge in [-0.15, -0.1) is 0 Å². The van der Waals surface area contributed by atoms with Crippen molar-refractivity contribution in [1.29, 1.82) is 0 Å². The first-order valence-electron chi connectivity index (χ1n) is 6.98. The second-order valence-corrected chi connectivity index (χ2v) is 5.05. The van der Waals surface area contributed by atoms with E-state index >= 15 is 0 Å². The number of hydrogen-bond acceptors (Lipinski definition) is 3. The monoisotopic (exact) mass is 259 g/mol. The molecule has 0 spiro atoms. The molecule has 0 unspecified atom stereocenters. The zero-order valence-electron chi connectivity index (χ0n) is 11.2. The van der Waals surface area contributed by atoms with Gasteiger partial charge in [-0.05, 0) is 49.5 Å². The fourth-order valence-corrected chi connectivity index (χ4v) is 2.39. The van der Waals surface area contributed by atoms with Crippen molar-refractivity contribution in [3.05, 3.63) is 35.9 Å². The van der Waals surface area contributed by atoms with Crippen molar-refractivity contribution in [3.63, 3.8) is 0 Å². The number of carbonyl (C=O) groups excluding carboxylic acids is 1. The highest BCUT2D eigenvalue weighted by Gasteiger charge is 2.14. The summed E-state index contributed by atoms with van der Waals surface area (Å²) in [6, 6.07) is 7.42. The van der Waals surface area contributed by atoms with Crippen LogP contribution in [0.3, 0.4) is 0 Å². The standard InChI is InChI=1S/C16H21NO2/c17-14-7-5-6-13(12-14)10-11-16(18)19-15-8-3-1-2-4-9-15/h5-7,10-12,15H,1-4,8-9,17H2/b11-10+. The van der Waals surface area contributed by atoms with Crippen LogP contribution in [0, 0.1) is 0 Å². The number of rotatable bonds is 3. The molecule has 3 heteroatoms. The molecule has 2 N–H and O–H groups in total. The molecule has 102 valence electrons. The fourth-order valence-electron chi connectivity index (χ4n) is 2.39. The van der Waals surface area contributed by atoms with Gasteiger partial charge in [-0.1, -0.05) is 25.0 Å². The van der Waals surface area contributed by atoms with E-state index in [1.807, 2.05) is 24.3 Å². The molecular formula is C16H21NO2. The first-order valence-corrected chi connectivity index (χ1v) is 6.98. The van der Waals surface area contributed by atoms with Crippen molar-refractivity contribution in [3.8, 4) is 0 Å². The molecule has 0 heterocycles. The summed E-state index contributed by atoms with van der Waals surface area (Å²) in [5.74, 6) is -0.255. The van der Waals surface area contributed by atoms with Gasteiger partial charge in [0, 0.05) is 11.8 Å². The summed E-state index contributed by atoms with van der Waals surface area (Å²) in [4.78, 5) is 11.7. The molecular weight excluding hydrogens is 238 g/mol. The minimum Gasteiger partial charge on any atom is -0.459 e. The lowest BCUT2D eigenvalue weighted by atomic mass is 10.1. The van der Waals surface area contributed by atoms with Crippen LogP contribution in [0.2, 0.25) is 0 Å². The Kier molecular flexibility index (Phi) is 5.01. The zero-order chi connectivity index (χ0) is 13.5. The second kappa shape index (κ2) is 6.98. The Labute approximate surface area is 114 Å². The third-order valence-electron chi connectivity index (χ3n) is 3.41. The summed E-state index contributed by atoms with van der Waals surface area (Å²) in [5, 5.41) is 0. The van der Waals surface area contributed by atoms with Crippen LogP contribution in [0.25, 0.3) is 6.08 Å². The molecule has 1 fully saturated rings. The average Bonchev–Trinajstić information content (AvgIpc) is 2.65. The maximum absolute atomic E-state index is 11.7. The molecule has 0 atom stereocenters. The second-order valence-electron chi connectivity index (χ2n) is 5.05. The van der Waals surface area contributed by atoms with E-state index in [1.54, 1.807) is 6.08 Å². The molecule has 1 aromatic carbocycles. The Hall–Kier alpha value is -1.77. The summed E-state index contributed by atoms with van der Waals surface area (Å²) in [6.07, 6.45) is 10.2. The number of benzene rings is 1. The summed E-state index contributed by atoms with van der Waals surface area (Å²) < 4.78 is 5.47. The largest absolute Gasteiger partial charge is 0.459 e. The summed E-state index contributed by atoms with van der Waals surface area (Å²) in [5.41, 5.74) is 7.29. The zero-order valence-corrected chi connectivity index (χ0v) is 11.2. The predicted molar refractivity (Wildman–Crippen MR) is 77.5 cm³/mol. The van der Waals surface area contributed by atoms with Crippen molar-refractivity contribution >= 4 is 17.7 Å². The van der Waals surface area contributed by atoms with E-state index in [9.17, 15) is 4.79 Å². The molecule has 1 aliphatic rings. The lowest BCUT2D eigenvalue weighted by Crippen LogP contribution is -2.15. The van der Waals surface area contributed by atoms with Gasteiger partial charge in [0.2, 0.25) is 0 Å². The van der Waals surface area contributed by atoms with Gasteiger partial charge in [0.25, 0.3) is 0 Å². The molecule has 19 heavy (non-hydrogen) atoms. The van der Waals surface area contributed by atoms with Gasteiger partial charge in [-0.2, -0.15) is 0 Å². The van der Waals surface area contributed by atoms with E-state index in [-0.39, 0.29) is 12.1 Å². The Morgan fingerprint density at radius 1 is 1.21 bits per heavy atom. The number of nitrogens with two attached hydrogens (primary N) is 1. The van der Waals surface area contributed by atoms with Crippen LogP contribution in [-0.4, -0.2) is 12.1 Å². The van der Waals surface area contributed by atoms with E-state index < -0.39 is 0 Å². The predicted octanol–water partition coefficient (Wildman–Crippen LogP) is 3.55. The van der Waals surface area contributed by atoms with Gasteiger partial charge < -0.3 is 10.5 Å². The molecule has 1 aromatic rings. The minimum atomic E-state index is -0.255. The molecule has 0 amide bonds. The van der Waals surface area contributed by atoms with Gasteiger partial charge in [-0.25, -0.2) is 4.79 Å². The highest BCUT2D eigenvalue weighted by molar-refractivity contribution is 5.87. The molecule has 0 bridgehead atoms. The smallest absolute Gasteiger partial charge is 0.331 e. The topological polar surface area (TPSA) is 52.3 Å². The Balaban J connectivity index is 1.86. The van der Waals surface area contributed by atoms with Crippen LogP contribution < -0.4 is 5.73 Å². The van der Waals surface area contributed by atoms with E-state index in [2.05, 4.69) is 0 Å². The highest BCUT2D eigenvalue weighted by atomic mass is 16.5. The van der Waals surface area contributed by atoms with E-state index in [4.69, 9.17) is 10.5 Å². The molecule has 3 nitrogen and oxygen atoms in total. The maximum Gasteiger partial charge on any atom is 0.331 e. The van der Waals surface area contributed by atoms with Crippen LogP contribution in [0.4, 0.5) is 5.69 Å². The number of carbonyl (C=O) groups is 1. The third-order valence-corrected chi connectivity index (χ3v) is 3.41. The average molecular weight is 259 g/mol. The lowest BCUT2D eigenvalue weighted by Gasteiger charge is -2.13. The quantitative estimate of drug-likeness (QED) is 0.391. The molecule has 0 radical (unpaired) electrons. The molecule has 0 saturated heterocycles. The van der Waals surface area contributed by atoms with Crippen molar-refractivity contribution in [2.24, 2.45) is 0 Å². The van der Waals surface area contributed by atoms with Crippen LogP contribution in [0.5, 0.6) is 0 Å². The van der Waals surface area contributed by atoms with Gasteiger partial charge in [0.15, 0.2) is 0 Å². The van der Waals surface area contributed by atoms with Crippen molar-refractivity contribution in [2.75, 3.05) is 5.73 Å². The summed E-state index contributed by atoms with van der Waals surface area (Å²) >= 11 is 0. The van der Waals surface area contributed by atoms with Gasteiger partial charge in [-0.3, -0.25) is 0 Å². The van der Waals surface area contributed by atoms with Crippen molar-refractivity contribution in [2.45, 2.75) is 44.6 Å². The third kappa shape index (κ3) is 4.78. The van der Waals surface area contributed by atoms with E-state index in [0.717, 1.165) is 31.2 Å². The summed E-state index contributed by atoms with van der Waals surface area (Å²) in [7, 11) is 0. The first kappa shape index (κ1) is 13.7. The molecule has 1 aliphatic carbocycles. The Morgan fingerprint density at radius 3 is 2.63 bits per heavy atom. The lowest BCUT2D eigenvalue weighted by molar-refractivity contribution is -0.143. The van der Waals surface area contributed by atoms with Gasteiger partial charge in [0.05, 0.1) is 0 Å². The van der Waals surface area contributed by atoms with Crippen LogP contribution in [-0.2, 0) is 9.53 Å². The molecule has 0 aromatic heterocycles. The number of ether oxygens (including phenoxy) is 1. The summed E-state index contributed by atoms with van der Waals surface area (Å²) in [6.45, 7) is 0. The van der Waals surface area contributed by atoms with Crippen LogP contribution >= 0.6 is 0 Å². The Bertz CT molecular complexity index is 446. The Morgan fingerprint density at radius 2 is 1.95 bits per heavy atom. The number of nitrogen functional groups attached to an aromatic ring is 1. The maximum atomic E-state index is 11.7. The fraction of sp³-hybridized carbons (Fsp3) is 0.438. The molecule has 1 saturated carbocycles. The number of anilines is 1. The molecule has 0 aliphatic heterocycles. The van der Waals surface area contributed by atoms with Crippen molar-refractivity contribution < 1.29 is 9.53 Å². The number of hydrogen-bond donors (Lipinski definition) is 1. The van der Waals surface area contributed by atoms with Crippen LogP contribution in [0.1, 0.15) is 44.1 Å². The van der Waals surface area contributed by atoms with E-state index in [1.165, 1.54) is 18.9 Å². The van der Waals surface area contributed by atoms with Gasteiger partial charge in [0.1, 0.15) is 6.10 Å². The van der Waals surface area contributed by atoms with Gasteiger partial charge >= 0.3 is 5.97 Å². The highest BCUT2D eigenvalue weighted by Crippen LogP contribution is 2.20. The van der Waals surface area contributed by atoms with Crippen LogP contribution in [0.15, 0.2) is 30.3 Å². The molecule has 2 rings (SSSR count). The minimum absolute atomic E-state index is 0.0977. The normalized spacial score (nSPS) is 17.3. The first-order chi connectivity index (χ1) is 9.24.